The van der Waals surface area contributed by atoms with Crippen molar-refractivity contribution in [1.29, 1.82) is 0 Å². The molecular weight excluding hydrogens is 342 g/mol. The highest BCUT2D eigenvalue weighted by Gasteiger charge is 2.34. The number of nitrogens with zero attached hydrogens (tertiary/aromatic N) is 1. The Kier molecular flexibility index (Phi) is 9.05. The minimum absolute atomic E-state index is 0. The molecule has 22 heavy (non-hydrogen) atoms. The molecule has 4 nitrogen and oxygen atoms in total. The van der Waals surface area contributed by atoms with Crippen molar-refractivity contribution < 1.29 is 18.0 Å². The van der Waals surface area contributed by atoms with Gasteiger partial charge in [-0.3, -0.25) is 9.69 Å². The summed E-state index contributed by atoms with van der Waals surface area (Å²) in [6.07, 6.45) is -3.42. The highest BCUT2D eigenvalue weighted by Crippen LogP contribution is 2.22. The average Bonchev–Trinajstić information content (AvgIpc) is 2.68. The third kappa shape index (κ3) is 6.48. The van der Waals surface area contributed by atoms with Gasteiger partial charge in [0.25, 0.3) is 0 Å². The van der Waals surface area contributed by atoms with Crippen molar-refractivity contribution in [3.05, 3.63) is 0 Å². The van der Waals surface area contributed by atoms with E-state index in [1.165, 1.54) is 4.90 Å². The van der Waals surface area contributed by atoms with Crippen LogP contribution in [0.2, 0.25) is 0 Å². The van der Waals surface area contributed by atoms with E-state index in [4.69, 9.17) is 0 Å². The van der Waals surface area contributed by atoms with Gasteiger partial charge in [0.2, 0.25) is 5.91 Å². The van der Waals surface area contributed by atoms with Crippen LogP contribution >= 0.6 is 24.8 Å². The van der Waals surface area contributed by atoms with Crippen molar-refractivity contribution in [2.24, 2.45) is 17.8 Å². The smallest absolute Gasteiger partial charge is 0.356 e. The first-order valence-corrected chi connectivity index (χ1v) is 7.12. The summed E-state index contributed by atoms with van der Waals surface area (Å²) < 4.78 is 36.8. The van der Waals surface area contributed by atoms with Crippen LogP contribution in [0.1, 0.15) is 13.3 Å². The number of alkyl halides is 3. The summed E-state index contributed by atoms with van der Waals surface area (Å²) in [5, 5.41) is 6.01. The van der Waals surface area contributed by atoms with Crippen molar-refractivity contribution in [2.45, 2.75) is 19.5 Å². The van der Waals surface area contributed by atoms with Crippen LogP contribution in [0.4, 0.5) is 13.2 Å². The minimum Gasteiger partial charge on any atom is -0.356 e. The Hall–Kier alpha value is -0.240. The zero-order chi connectivity index (χ0) is 14.8. The molecule has 2 saturated heterocycles. The summed E-state index contributed by atoms with van der Waals surface area (Å²) in [6.45, 7) is 4.17. The Labute approximate surface area is 141 Å². The topological polar surface area (TPSA) is 44.4 Å². The number of carbonyl (C=O) groups excluding carboxylic acids is 1. The number of hydrogen-bond donors (Lipinski definition) is 2. The fourth-order valence-electron chi connectivity index (χ4n) is 2.76. The first-order valence-electron chi connectivity index (χ1n) is 7.12. The van der Waals surface area contributed by atoms with Crippen molar-refractivity contribution in [2.75, 3.05) is 39.3 Å². The number of rotatable bonds is 5. The lowest BCUT2D eigenvalue weighted by Crippen LogP contribution is -2.50. The van der Waals surface area contributed by atoms with Crippen molar-refractivity contribution in [3.63, 3.8) is 0 Å². The van der Waals surface area contributed by atoms with E-state index in [1.54, 1.807) is 0 Å². The van der Waals surface area contributed by atoms with Gasteiger partial charge in [0.15, 0.2) is 0 Å². The van der Waals surface area contributed by atoms with Gasteiger partial charge in [0, 0.05) is 19.0 Å². The summed E-state index contributed by atoms with van der Waals surface area (Å²) in [7, 11) is 0. The molecule has 2 heterocycles. The molecule has 2 fully saturated rings. The molecule has 0 radical (unpaired) electrons. The molecule has 132 valence electrons. The number of nitrogens with one attached hydrogen (secondary N) is 2. The first-order chi connectivity index (χ1) is 9.35. The van der Waals surface area contributed by atoms with Crippen LogP contribution in [-0.2, 0) is 4.79 Å². The standard InChI is InChI=1S/C13H22F3N3O.2ClH/c1-9(11-5-17-6-11)12(20)18-4-10-2-3-19(7-10)8-13(14,15)16;;/h9-11,17H,2-8H2,1H3,(H,18,20);2*1H. The molecular formula is C13H24Cl2F3N3O. The van der Waals surface area contributed by atoms with Crippen LogP contribution in [0.5, 0.6) is 0 Å². The van der Waals surface area contributed by atoms with E-state index >= 15 is 0 Å². The van der Waals surface area contributed by atoms with Crippen LogP contribution in [0.3, 0.4) is 0 Å². The van der Waals surface area contributed by atoms with Crippen LogP contribution in [0.15, 0.2) is 0 Å². The van der Waals surface area contributed by atoms with Gasteiger partial charge in [0.05, 0.1) is 6.54 Å². The highest BCUT2D eigenvalue weighted by atomic mass is 35.5. The fraction of sp³-hybridized carbons (Fsp3) is 0.923. The second-order valence-electron chi connectivity index (χ2n) is 5.96. The molecule has 0 bridgehead atoms. The van der Waals surface area contributed by atoms with Crippen molar-refractivity contribution in [3.8, 4) is 0 Å². The number of amides is 1. The van der Waals surface area contributed by atoms with Crippen molar-refractivity contribution in [1.82, 2.24) is 15.5 Å². The van der Waals surface area contributed by atoms with E-state index in [0.717, 1.165) is 19.5 Å². The second kappa shape index (κ2) is 9.15. The molecule has 2 rings (SSSR count). The molecule has 0 aromatic heterocycles. The maximum absolute atomic E-state index is 12.3. The van der Waals surface area contributed by atoms with E-state index in [1.807, 2.05) is 6.92 Å². The Bertz CT molecular complexity index is 354. The van der Waals surface area contributed by atoms with Gasteiger partial charge in [-0.05, 0) is 37.9 Å². The molecule has 2 aliphatic rings. The number of likely N-dealkylation sites (tertiary alicyclic amines) is 1. The summed E-state index contributed by atoms with van der Waals surface area (Å²) in [5.74, 6) is 0.517. The third-order valence-corrected chi connectivity index (χ3v) is 4.27. The minimum atomic E-state index is -4.14. The Morgan fingerprint density at radius 1 is 1.36 bits per heavy atom. The first kappa shape index (κ1) is 21.8. The zero-order valence-corrected chi connectivity index (χ0v) is 14.1. The van der Waals surface area contributed by atoms with Gasteiger partial charge in [-0.25, -0.2) is 0 Å². The predicted octanol–water partition coefficient (Wildman–Crippen LogP) is 1.69. The van der Waals surface area contributed by atoms with Crippen LogP contribution in [0.25, 0.3) is 0 Å². The molecule has 1 amide bonds. The lowest BCUT2D eigenvalue weighted by atomic mass is 9.88. The molecule has 2 atom stereocenters. The van der Waals surface area contributed by atoms with Gasteiger partial charge in [0.1, 0.15) is 0 Å². The maximum atomic E-state index is 12.3. The SMILES string of the molecule is CC(C(=O)NCC1CCN(CC(F)(F)F)C1)C1CNC1.Cl.Cl. The van der Waals surface area contributed by atoms with Gasteiger partial charge in [-0.1, -0.05) is 6.92 Å². The molecule has 0 saturated carbocycles. The zero-order valence-electron chi connectivity index (χ0n) is 12.5. The monoisotopic (exact) mass is 365 g/mol. The van der Waals surface area contributed by atoms with Crippen LogP contribution < -0.4 is 10.6 Å². The number of halogens is 5. The van der Waals surface area contributed by atoms with Gasteiger partial charge in [-0.2, -0.15) is 13.2 Å². The Balaban J connectivity index is 0.00000220. The molecule has 2 N–H and O–H groups in total. The second-order valence-corrected chi connectivity index (χ2v) is 5.96. The number of hydrogen-bond acceptors (Lipinski definition) is 3. The Morgan fingerprint density at radius 3 is 2.50 bits per heavy atom. The van der Waals surface area contributed by atoms with Gasteiger partial charge >= 0.3 is 6.18 Å². The van der Waals surface area contributed by atoms with Gasteiger partial charge in [-0.15, -0.1) is 24.8 Å². The van der Waals surface area contributed by atoms with E-state index in [-0.39, 0.29) is 42.6 Å². The summed E-state index contributed by atoms with van der Waals surface area (Å²) >= 11 is 0. The third-order valence-electron chi connectivity index (χ3n) is 4.27. The highest BCUT2D eigenvalue weighted by molar-refractivity contribution is 5.85. The maximum Gasteiger partial charge on any atom is 0.401 e. The lowest BCUT2D eigenvalue weighted by Gasteiger charge is -2.32. The molecule has 0 aromatic rings. The van der Waals surface area contributed by atoms with E-state index in [0.29, 0.717) is 25.6 Å². The summed E-state index contributed by atoms with van der Waals surface area (Å²) in [4.78, 5) is 13.3. The van der Waals surface area contributed by atoms with E-state index in [9.17, 15) is 18.0 Å². The molecule has 0 aliphatic carbocycles. The molecule has 0 aromatic carbocycles. The van der Waals surface area contributed by atoms with Crippen LogP contribution in [0, 0.1) is 17.8 Å². The van der Waals surface area contributed by atoms with Gasteiger partial charge < -0.3 is 10.6 Å². The van der Waals surface area contributed by atoms with E-state index < -0.39 is 12.7 Å². The van der Waals surface area contributed by atoms with Crippen molar-refractivity contribution >= 4 is 30.7 Å². The molecule has 2 aliphatic heterocycles. The predicted molar refractivity (Wildman–Crippen MR) is 83.6 cm³/mol. The number of carbonyl (C=O) groups is 1. The molecule has 0 spiro atoms. The van der Waals surface area contributed by atoms with E-state index in [2.05, 4.69) is 10.6 Å². The lowest BCUT2D eigenvalue weighted by molar-refractivity contribution is -0.143. The van der Waals surface area contributed by atoms with Crippen LogP contribution in [-0.4, -0.2) is 56.3 Å². The summed E-state index contributed by atoms with van der Waals surface area (Å²) in [5.41, 5.74) is 0. The normalized spacial score (nSPS) is 23.9. The fourth-order valence-corrected chi connectivity index (χ4v) is 2.76. The largest absolute Gasteiger partial charge is 0.401 e. The average molecular weight is 366 g/mol. The molecule has 2 unspecified atom stereocenters. The molecule has 9 heteroatoms. The quantitative estimate of drug-likeness (QED) is 0.779. The Morgan fingerprint density at radius 2 is 2.00 bits per heavy atom. The summed E-state index contributed by atoms with van der Waals surface area (Å²) in [6, 6.07) is 0.